The van der Waals surface area contributed by atoms with Crippen LogP contribution in [0.1, 0.15) is 0 Å². The van der Waals surface area contributed by atoms with Crippen LogP contribution in [0.3, 0.4) is 0 Å². The lowest BCUT2D eigenvalue weighted by atomic mass is 10.0. The molecule has 0 atom stereocenters. The van der Waals surface area contributed by atoms with Crippen molar-refractivity contribution in [3.63, 3.8) is 0 Å². The molecule has 0 unspecified atom stereocenters. The lowest BCUT2D eigenvalue weighted by Gasteiger charge is -2.12. The second kappa shape index (κ2) is 15.6. The van der Waals surface area contributed by atoms with Gasteiger partial charge in [0.05, 0.1) is 16.6 Å². The Bertz CT molecular complexity index is 4200. The first kappa shape index (κ1) is 38.8. The summed E-state index contributed by atoms with van der Waals surface area (Å²) in [6.07, 6.45) is 0. The van der Waals surface area contributed by atoms with E-state index in [9.17, 15) is 0 Å². The van der Waals surface area contributed by atoms with Crippen molar-refractivity contribution < 1.29 is 4.42 Å². The third-order valence-electron chi connectivity index (χ3n) is 13.6. The van der Waals surface area contributed by atoms with Crippen LogP contribution in [0.25, 0.3) is 133 Å². The van der Waals surface area contributed by atoms with Crippen LogP contribution in [0.5, 0.6) is 0 Å². The SMILES string of the molecule is c1ccc(-c2cccc(-c3nc(-c4cccc(-c5ccccc5)c4)nc(-n4c5ccccc5c5ccc6c7ccc8c9ccccc9n(-c9cccc(-c%10ccccc%10)c9)c8c7oc6c54)n3)c2)cc1. The Morgan fingerprint density at radius 1 is 0.275 bits per heavy atom. The Balaban J connectivity index is 1.05. The van der Waals surface area contributed by atoms with Crippen molar-refractivity contribution in [2.75, 3.05) is 0 Å². The lowest BCUT2D eigenvalue weighted by Crippen LogP contribution is -2.06. The molecule has 322 valence electrons. The molecule has 69 heavy (non-hydrogen) atoms. The van der Waals surface area contributed by atoms with E-state index in [1.54, 1.807) is 0 Å². The molecule has 6 nitrogen and oxygen atoms in total. The molecule has 4 heterocycles. The summed E-state index contributed by atoms with van der Waals surface area (Å²) in [5, 5.41) is 6.46. The molecular formula is C63H39N5O. The predicted molar refractivity (Wildman–Crippen MR) is 283 cm³/mol. The number of hydrogen-bond donors (Lipinski definition) is 0. The number of aromatic nitrogens is 5. The highest BCUT2D eigenvalue weighted by atomic mass is 16.3. The fraction of sp³-hybridized carbons (Fsp3) is 0. The molecule has 0 spiro atoms. The minimum Gasteiger partial charge on any atom is -0.452 e. The van der Waals surface area contributed by atoms with E-state index >= 15 is 0 Å². The van der Waals surface area contributed by atoms with Gasteiger partial charge >= 0.3 is 0 Å². The highest BCUT2D eigenvalue weighted by Gasteiger charge is 2.25. The predicted octanol–water partition coefficient (Wildman–Crippen LogP) is 16.3. The van der Waals surface area contributed by atoms with Crippen LogP contribution >= 0.6 is 0 Å². The maximum absolute atomic E-state index is 7.42. The van der Waals surface area contributed by atoms with Gasteiger partial charge in [-0.15, -0.1) is 0 Å². The molecule has 14 rings (SSSR count). The molecule has 0 saturated carbocycles. The number of fused-ring (bicyclic) bond motifs is 11. The molecule has 0 bridgehead atoms. The second-order valence-corrected chi connectivity index (χ2v) is 17.6. The number of nitrogens with zero attached hydrogens (tertiary/aromatic N) is 5. The van der Waals surface area contributed by atoms with E-state index in [0.717, 1.165) is 110 Å². The van der Waals surface area contributed by atoms with E-state index < -0.39 is 0 Å². The molecule has 0 amide bonds. The average Bonchev–Trinajstić information content (AvgIpc) is 4.10. The van der Waals surface area contributed by atoms with Crippen LogP contribution in [0.15, 0.2) is 241 Å². The minimum atomic E-state index is 0.501. The summed E-state index contributed by atoms with van der Waals surface area (Å²) >= 11 is 0. The fourth-order valence-electron chi connectivity index (χ4n) is 10.4. The van der Waals surface area contributed by atoms with E-state index in [2.05, 4.69) is 234 Å². The molecule has 0 radical (unpaired) electrons. The summed E-state index contributed by atoms with van der Waals surface area (Å²) in [7, 11) is 0. The highest BCUT2D eigenvalue weighted by Crippen LogP contribution is 2.45. The highest BCUT2D eigenvalue weighted by molar-refractivity contribution is 6.26. The summed E-state index contributed by atoms with van der Waals surface area (Å²) in [4.78, 5) is 16.1. The van der Waals surface area contributed by atoms with E-state index in [1.807, 2.05) is 12.1 Å². The molecule has 0 aliphatic carbocycles. The zero-order valence-corrected chi connectivity index (χ0v) is 37.2. The smallest absolute Gasteiger partial charge is 0.238 e. The van der Waals surface area contributed by atoms with Crippen LogP contribution in [-0.2, 0) is 0 Å². The average molecular weight is 882 g/mol. The van der Waals surface area contributed by atoms with Gasteiger partial charge in [0.1, 0.15) is 5.52 Å². The number of hydrogen-bond acceptors (Lipinski definition) is 4. The Morgan fingerprint density at radius 3 is 1.19 bits per heavy atom. The van der Waals surface area contributed by atoms with Gasteiger partial charge in [-0.25, -0.2) is 4.98 Å². The Kier molecular flexibility index (Phi) is 8.79. The minimum absolute atomic E-state index is 0.501. The molecule has 0 saturated heterocycles. The maximum atomic E-state index is 7.42. The van der Waals surface area contributed by atoms with Gasteiger partial charge in [0.2, 0.25) is 5.95 Å². The van der Waals surface area contributed by atoms with Gasteiger partial charge in [-0.1, -0.05) is 188 Å². The first-order valence-corrected chi connectivity index (χ1v) is 23.3. The van der Waals surface area contributed by atoms with Gasteiger partial charge in [-0.05, 0) is 81.9 Å². The zero-order valence-electron chi connectivity index (χ0n) is 37.2. The molecule has 0 aliphatic heterocycles. The number of para-hydroxylation sites is 2. The third kappa shape index (κ3) is 6.30. The van der Waals surface area contributed by atoms with Gasteiger partial charge in [0.25, 0.3) is 0 Å². The molecule has 0 aliphatic rings. The summed E-state index contributed by atoms with van der Waals surface area (Å²) in [6.45, 7) is 0. The Labute approximate surface area is 396 Å². The molecule has 0 fully saturated rings. The maximum Gasteiger partial charge on any atom is 0.238 e. The van der Waals surface area contributed by atoms with Crippen LogP contribution in [-0.4, -0.2) is 24.1 Å². The Morgan fingerprint density at radius 2 is 0.667 bits per heavy atom. The van der Waals surface area contributed by atoms with Crippen molar-refractivity contribution in [3.8, 4) is 67.8 Å². The van der Waals surface area contributed by atoms with E-state index in [-0.39, 0.29) is 0 Å². The molecular weight excluding hydrogens is 843 g/mol. The molecule has 14 aromatic rings. The van der Waals surface area contributed by atoms with Crippen LogP contribution in [0.4, 0.5) is 0 Å². The van der Waals surface area contributed by atoms with Crippen LogP contribution in [0, 0.1) is 0 Å². The molecule has 10 aromatic carbocycles. The number of rotatable bonds is 7. The standard InChI is InChI=1S/C63H39N5O/c1-4-17-40(18-5-1)43-23-14-26-46(37-43)61-64-62(47-27-15-24-44(38-47)41-19-6-2-7-20-41)66-63(65-61)68-56-32-13-11-30-50(56)52-34-36-54-53-35-33-51-49-29-10-12-31-55(49)67(57(51)59(53)69-60(54)58(52)68)48-28-16-25-45(39-48)42-21-8-3-9-22-42/h1-39H. The fourth-order valence-corrected chi connectivity index (χ4v) is 10.4. The summed E-state index contributed by atoms with van der Waals surface area (Å²) < 4.78 is 12.0. The zero-order chi connectivity index (χ0) is 45.4. The van der Waals surface area contributed by atoms with Gasteiger partial charge in [-0.3, -0.25) is 4.57 Å². The number of benzene rings is 10. The number of furan rings is 1. The lowest BCUT2D eigenvalue weighted by molar-refractivity contribution is 0.673. The van der Waals surface area contributed by atoms with Gasteiger partial charge < -0.3 is 8.98 Å². The monoisotopic (exact) mass is 881 g/mol. The summed E-state index contributed by atoms with van der Waals surface area (Å²) in [5.74, 6) is 1.65. The molecule has 6 heteroatoms. The van der Waals surface area contributed by atoms with Gasteiger partial charge in [0, 0.05) is 49.1 Å². The normalized spacial score (nSPS) is 11.8. The summed E-state index contributed by atoms with van der Waals surface area (Å²) in [6, 6.07) is 83.2. The van der Waals surface area contributed by atoms with Crippen molar-refractivity contribution >= 4 is 65.6 Å². The largest absolute Gasteiger partial charge is 0.452 e. The first-order valence-electron chi connectivity index (χ1n) is 23.3. The quantitative estimate of drug-likeness (QED) is 0.160. The van der Waals surface area contributed by atoms with Crippen molar-refractivity contribution in [2.45, 2.75) is 0 Å². The van der Waals surface area contributed by atoms with Crippen molar-refractivity contribution in [2.24, 2.45) is 0 Å². The van der Waals surface area contributed by atoms with Crippen molar-refractivity contribution in [3.05, 3.63) is 237 Å². The Hall–Kier alpha value is -9.39. The molecule has 0 N–H and O–H groups in total. The van der Waals surface area contributed by atoms with Gasteiger partial charge in [-0.2, -0.15) is 9.97 Å². The van der Waals surface area contributed by atoms with Crippen molar-refractivity contribution in [1.82, 2.24) is 24.1 Å². The first-order chi connectivity index (χ1) is 34.2. The third-order valence-corrected chi connectivity index (χ3v) is 13.6. The second-order valence-electron chi connectivity index (χ2n) is 17.6. The van der Waals surface area contributed by atoms with Crippen LogP contribution < -0.4 is 0 Å². The van der Waals surface area contributed by atoms with Crippen LogP contribution in [0.2, 0.25) is 0 Å². The van der Waals surface area contributed by atoms with E-state index in [4.69, 9.17) is 19.4 Å². The topological polar surface area (TPSA) is 61.7 Å². The van der Waals surface area contributed by atoms with Crippen molar-refractivity contribution in [1.29, 1.82) is 0 Å². The van der Waals surface area contributed by atoms with E-state index in [0.29, 0.717) is 17.6 Å². The van der Waals surface area contributed by atoms with E-state index in [1.165, 1.54) is 5.56 Å². The molecule has 4 aromatic heterocycles. The van der Waals surface area contributed by atoms with Gasteiger partial charge in [0.15, 0.2) is 22.8 Å². The summed E-state index contributed by atoms with van der Waals surface area (Å²) in [5.41, 5.74) is 15.2.